The highest BCUT2D eigenvalue weighted by atomic mass is 16.3. The molecule has 1 saturated heterocycles. The predicted octanol–water partition coefficient (Wildman–Crippen LogP) is 1.18. The smallest absolute Gasteiger partial charge is 0.268 e. The molecule has 1 fully saturated rings. The Balaban J connectivity index is 1.49. The summed E-state index contributed by atoms with van der Waals surface area (Å²) in [6.07, 6.45) is 3.37. The van der Waals surface area contributed by atoms with Gasteiger partial charge in [0.1, 0.15) is 5.69 Å². The lowest BCUT2D eigenvalue weighted by atomic mass is 10.1. The number of carbonyl (C=O) groups excluding carboxylic acids is 1. The quantitative estimate of drug-likeness (QED) is 0.665. The number of aliphatic hydroxyl groups is 1. The van der Waals surface area contributed by atoms with Crippen LogP contribution < -0.4 is 10.2 Å². The van der Waals surface area contributed by atoms with Gasteiger partial charge in [-0.15, -0.1) is 0 Å². The van der Waals surface area contributed by atoms with Crippen LogP contribution in [0.25, 0.3) is 10.9 Å². The zero-order chi connectivity index (χ0) is 17.2. The molecule has 25 heavy (non-hydrogen) atoms. The Labute approximate surface area is 144 Å². The molecule has 0 bridgehead atoms. The molecule has 0 aliphatic carbocycles. The number of aromatic amines is 1. The third-order valence-electron chi connectivity index (χ3n) is 4.60. The molecule has 1 aliphatic heterocycles. The standard InChI is InChI=1S/C18H19N5O2/c24-11-13-9-23(18-19-6-3-7-20-18)10-16(13)22-17(25)15-8-12-4-1-2-5-14(12)21-15/h1-8,13,16,21,24H,9-11H2,(H,22,25)/t13-,16+/m0/s1. The van der Waals surface area contributed by atoms with Crippen molar-refractivity contribution in [1.29, 1.82) is 0 Å². The molecule has 4 rings (SSSR count). The van der Waals surface area contributed by atoms with Crippen LogP contribution in [0.15, 0.2) is 48.8 Å². The van der Waals surface area contributed by atoms with Gasteiger partial charge in [-0.1, -0.05) is 18.2 Å². The number of hydrogen-bond donors (Lipinski definition) is 3. The van der Waals surface area contributed by atoms with E-state index in [0.29, 0.717) is 24.7 Å². The number of nitrogens with zero attached hydrogens (tertiary/aromatic N) is 3. The molecule has 0 unspecified atom stereocenters. The van der Waals surface area contributed by atoms with E-state index >= 15 is 0 Å². The Morgan fingerprint density at radius 1 is 1.24 bits per heavy atom. The van der Waals surface area contributed by atoms with E-state index in [2.05, 4.69) is 20.3 Å². The van der Waals surface area contributed by atoms with Crippen molar-refractivity contribution in [2.24, 2.45) is 5.92 Å². The molecular weight excluding hydrogens is 318 g/mol. The van der Waals surface area contributed by atoms with Crippen LogP contribution in [0.5, 0.6) is 0 Å². The summed E-state index contributed by atoms with van der Waals surface area (Å²) in [6.45, 7) is 1.18. The first-order valence-corrected chi connectivity index (χ1v) is 8.26. The molecule has 2 atom stereocenters. The van der Waals surface area contributed by atoms with E-state index in [-0.39, 0.29) is 24.5 Å². The van der Waals surface area contributed by atoms with Gasteiger partial charge in [-0.05, 0) is 18.2 Å². The fraction of sp³-hybridized carbons (Fsp3) is 0.278. The summed E-state index contributed by atoms with van der Waals surface area (Å²) in [5.41, 5.74) is 1.45. The molecular formula is C18H19N5O2. The van der Waals surface area contributed by atoms with Crippen molar-refractivity contribution < 1.29 is 9.90 Å². The average molecular weight is 337 g/mol. The second kappa shape index (κ2) is 6.52. The van der Waals surface area contributed by atoms with E-state index in [9.17, 15) is 9.90 Å². The summed E-state index contributed by atoms with van der Waals surface area (Å²) in [5.74, 6) is 0.385. The molecule has 7 heteroatoms. The predicted molar refractivity (Wildman–Crippen MR) is 94.4 cm³/mol. The van der Waals surface area contributed by atoms with Crippen LogP contribution in [0.4, 0.5) is 5.95 Å². The van der Waals surface area contributed by atoms with Crippen LogP contribution in [-0.4, -0.2) is 51.7 Å². The maximum atomic E-state index is 12.6. The first-order valence-electron chi connectivity index (χ1n) is 8.26. The number of hydrogen-bond acceptors (Lipinski definition) is 5. The summed E-state index contributed by atoms with van der Waals surface area (Å²) in [5, 5.41) is 13.7. The van der Waals surface area contributed by atoms with Crippen molar-refractivity contribution in [3.8, 4) is 0 Å². The Kier molecular flexibility index (Phi) is 4.07. The van der Waals surface area contributed by atoms with E-state index < -0.39 is 0 Å². The molecule has 3 N–H and O–H groups in total. The molecule has 1 aromatic carbocycles. The van der Waals surface area contributed by atoms with Crippen LogP contribution in [0, 0.1) is 5.92 Å². The number of H-pyrrole nitrogens is 1. The first kappa shape index (κ1) is 15.6. The Morgan fingerprint density at radius 2 is 2.04 bits per heavy atom. The van der Waals surface area contributed by atoms with Gasteiger partial charge in [0.05, 0.1) is 6.04 Å². The maximum Gasteiger partial charge on any atom is 0.268 e. The molecule has 0 saturated carbocycles. The van der Waals surface area contributed by atoms with E-state index in [0.717, 1.165) is 10.9 Å². The summed E-state index contributed by atoms with van der Waals surface area (Å²) >= 11 is 0. The lowest BCUT2D eigenvalue weighted by molar-refractivity contribution is 0.0917. The number of carbonyl (C=O) groups is 1. The number of anilines is 1. The lowest BCUT2D eigenvalue weighted by Gasteiger charge is -2.17. The van der Waals surface area contributed by atoms with Gasteiger partial charge in [-0.25, -0.2) is 9.97 Å². The van der Waals surface area contributed by atoms with E-state index in [4.69, 9.17) is 0 Å². The number of nitrogens with one attached hydrogen (secondary N) is 2. The number of aromatic nitrogens is 3. The third kappa shape index (κ3) is 3.06. The van der Waals surface area contributed by atoms with Gasteiger partial charge in [0.15, 0.2) is 0 Å². The van der Waals surface area contributed by atoms with Gasteiger partial charge >= 0.3 is 0 Å². The van der Waals surface area contributed by atoms with Gasteiger partial charge < -0.3 is 20.3 Å². The zero-order valence-electron chi connectivity index (χ0n) is 13.6. The fourth-order valence-corrected chi connectivity index (χ4v) is 3.28. The zero-order valence-corrected chi connectivity index (χ0v) is 13.6. The van der Waals surface area contributed by atoms with E-state index in [1.165, 1.54) is 0 Å². The van der Waals surface area contributed by atoms with Crippen LogP contribution in [0.3, 0.4) is 0 Å². The van der Waals surface area contributed by atoms with Gasteiger partial charge in [-0.3, -0.25) is 4.79 Å². The molecule has 1 aliphatic rings. The number of fused-ring (bicyclic) bond motifs is 1. The first-order chi connectivity index (χ1) is 12.2. The second-order valence-electron chi connectivity index (χ2n) is 6.25. The van der Waals surface area contributed by atoms with Gasteiger partial charge in [0, 0.05) is 48.9 Å². The van der Waals surface area contributed by atoms with Crippen LogP contribution in [-0.2, 0) is 0 Å². The number of aliphatic hydroxyl groups excluding tert-OH is 1. The second-order valence-corrected chi connectivity index (χ2v) is 6.25. The monoisotopic (exact) mass is 337 g/mol. The van der Waals surface area contributed by atoms with E-state index in [1.807, 2.05) is 35.2 Å². The molecule has 7 nitrogen and oxygen atoms in total. The minimum absolute atomic E-state index is 0.000974. The minimum Gasteiger partial charge on any atom is -0.396 e. The van der Waals surface area contributed by atoms with Crippen molar-refractivity contribution in [2.75, 3.05) is 24.6 Å². The van der Waals surface area contributed by atoms with Crippen molar-refractivity contribution in [3.05, 3.63) is 54.5 Å². The van der Waals surface area contributed by atoms with Gasteiger partial charge in [-0.2, -0.15) is 0 Å². The lowest BCUT2D eigenvalue weighted by Crippen LogP contribution is -2.41. The SMILES string of the molecule is O=C(N[C@@H]1CN(c2ncccn2)C[C@H]1CO)c1cc2ccccc2[nH]1. The van der Waals surface area contributed by atoms with Crippen molar-refractivity contribution >= 4 is 22.8 Å². The fourth-order valence-electron chi connectivity index (χ4n) is 3.28. The summed E-state index contributed by atoms with van der Waals surface area (Å²) in [6, 6.07) is 11.2. The van der Waals surface area contributed by atoms with Crippen molar-refractivity contribution in [3.63, 3.8) is 0 Å². The Bertz CT molecular complexity index is 846. The molecule has 3 heterocycles. The minimum atomic E-state index is -0.171. The highest BCUT2D eigenvalue weighted by Gasteiger charge is 2.34. The van der Waals surface area contributed by atoms with Gasteiger partial charge in [0.2, 0.25) is 5.95 Å². The summed E-state index contributed by atoms with van der Waals surface area (Å²) in [7, 11) is 0. The van der Waals surface area contributed by atoms with Crippen molar-refractivity contribution in [1.82, 2.24) is 20.3 Å². The molecule has 2 aromatic heterocycles. The Hall–Kier alpha value is -2.93. The Morgan fingerprint density at radius 3 is 2.80 bits per heavy atom. The van der Waals surface area contributed by atoms with Crippen LogP contribution >= 0.6 is 0 Å². The highest BCUT2D eigenvalue weighted by Crippen LogP contribution is 2.21. The molecule has 3 aromatic rings. The normalized spacial score (nSPS) is 20.1. The van der Waals surface area contributed by atoms with Gasteiger partial charge in [0.25, 0.3) is 5.91 Å². The van der Waals surface area contributed by atoms with Crippen molar-refractivity contribution in [2.45, 2.75) is 6.04 Å². The largest absolute Gasteiger partial charge is 0.396 e. The number of benzene rings is 1. The van der Waals surface area contributed by atoms with E-state index in [1.54, 1.807) is 18.5 Å². The van der Waals surface area contributed by atoms with Crippen LogP contribution in [0.2, 0.25) is 0 Å². The molecule has 128 valence electrons. The maximum absolute atomic E-state index is 12.6. The molecule has 0 spiro atoms. The number of rotatable bonds is 4. The molecule has 1 amide bonds. The summed E-state index contributed by atoms with van der Waals surface area (Å²) in [4.78, 5) is 26.2. The molecule has 0 radical (unpaired) electrons. The number of amides is 1. The highest BCUT2D eigenvalue weighted by molar-refractivity contribution is 5.98. The summed E-state index contributed by atoms with van der Waals surface area (Å²) < 4.78 is 0. The number of para-hydroxylation sites is 1. The average Bonchev–Trinajstić information content (AvgIpc) is 3.26. The topological polar surface area (TPSA) is 94.1 Å². The third-order valence-corrected chi connectivity index (χ3v) is 4.60. The van der Waals surface area contributed by atoms with Crippen LogP contribution in [0.1, 0.15) is 10.5 Å².